The molecule has 1 aromatic heterocycles. The summed E-state index contributed by atoms with van der Waals surface area (Å²) >= 11 is 5.85. The van der Waals surface area contributed by atoms with Gasteiger partial charge < -0.3 is 16.4 Å². The van der Waals surface area contributed by atoms with Crippen molar-refractivity contribution in [3.63, 3.8) is 0 Å². The van der Waals surface area contributed by atoms with E-state index in [1.54, 1.807) is 36.4 Å². The monoisotopic (exact) mass is 402 g/mol. The first-order valence-corrected chi connectivity index (χ1v) is 9.51. The molecule has 0 atom stereocenters. The molecule has 0 bridgehead atoms. The number of fused-ring (bicyclic) bond motifs is 1. The number of pyridine rings is 1. The number of aromatic nitrogens is 1. The molecule has 1 heterocycles. The van der Waals surface area contributed by atoms with Gasteiger partial charge in [-0.3, -0.25) is 4.79 Å². The van der Waals surface area contributed by atoms with Gasteiger partial charge in [0, 0.05) is 17.1 Å². The quantitative estimate of drug-likeness (QED) is 0.421. The lowest BCUT2D eigenvalue weighted by molar-refractivity contribution is 0.102. The van der Waals surface area contributed by atoms with Crippen molar-refractivity contribution in [1.29, 1.82) is 0 Å². The number of hydrogen-bond acceptors (Lipinski definition) is 4. The molecule has 0 aliphatic heterocycles. The molecule has 0 fully saturated rings. The van der Waals surface area contributed by atoms with E-state index in [9.17, 15) is 4.79 Å². The predicted molar refractivity (Wildman–Crippen MR) is 119 cm³/mol. The topological polar surface area (TPSA) is 80.0 Å². The third kappa shape index (κ3) is 4.47. The molecule has 1 amide bonds. The van der Waals surface area contributed by atoms with Gasteiger partial charge in [-0.2, -0.15) is 0 Å². The van der Waals surface area contributed by atoms with Crippen molar-refractivity contribution < 1.29 is 4.79 Å². The van der Waals surface area contributed by atoms with E-state index in [4.69, 9.17) is 17.3 Å². The number of anilines is 3. The van der Waals surface area contributed by atoms with E-state index < -0.39 is 0 Å². The molecule has 0 spiro atoms. The first-order chi connectivity index (χ1) is 14.1. The summed E-state index contributed by atoms with van der Waals surface area (Å²) in [6.45, 7) is 0.619. The summed E-state index contributed by atoms with van der Waals surface area (Å²) in [7, 11) is 0. The van der Waals surface area contributed by atoms with Crippen LogP contribution in [0.15, 0.2) is 78.9 Å². The summed E-state index contributed by atoms with van der Waals surface area (Å²) in [4.78, 5) is 16.7. The smallest absolute Gasteiger partial charge is 0.255 e. The minimum Gasteiger partial charge on any atom is -0.382 e. The third-order valence-corrected chi connectivity index (χ3v) is 4.82. The van der Waals surface area contributed by atoms with Crippen LogP contribution in [0.2, 0.25) is 5.02 Å². The number of halogens is 1. The van der Waals surface area contributed by atoms with Crippen LogP contribution >= 0.6 is 11.6 Å². The van der Waals surface area contributed by atoms with E-state index in [0.29, 0.717) is 28.6 Å². The Kier molecular flexibility index (Phi) is 5.31. The molecule has 0 saturated heterocycles. The van der Waals surface area contributed by atoms with Crippen LogP contribution in [0.3, 0.4) is 0 Å². The van der Waals surface area contributed by atoms with E-state index in [0.717, 1.165) is 5.56 Å². The third-order valence-electron chi connectivity index (χ3n) is 4.57. The van der Waals surface area contributed by atoms with Gasteiger partial charge in [0.2, 0.25) is 0 Å². The second-order valence-corrected chi connectivity index (χ2v) is 7.06. The molecule has 5 nitrogen and oxygen atoms in total. The Morgan fingerprint density at radius 1 is 0.931 bits per heavy atom. The summed E-state index contributed by atoms with van der Waals surface area (Å²) in [5, 5.41) is 9.01. The van der Waals surface area contributed by atoms with Crippen molar-refractivity contribution >= 4 is 45.6 Å². The van der Waals surface area contributed by atoms with Crippen LogP contribution in [-0.2, 0) is 6.54 Å². The number of nitrogen functional groups attached to an aromatic ring is 1. The number of nitrogens with two attached hydrogens (primary N) is 1. The molecule has 4 N–H and O–H groups in total. The van der Waals surface area contributed by atoms with E-state index in [1.165, 1.54) is 10.8 Å². The van der Waals surface area contributed by atoms with Gasteiger partial charge in [0.05, 0.1) is 5.69 Å². The minimum atomic E-state index is -0.271. The van der Waals surface area contributed by atoms with Crippen LogP contribution in [0.1, 0.15) is 15.9 Å². The van der Waals surface area contributed by atoms with Gasteiger partial charge in [0.1, 0.15) is 11.6 Å². The molecular weight excluding hydrogens is 384 g/mol. The summed E-state index contributed by atoms with van der Waals surface area (Å²) in [5.74, 6) is 0.614. The fraction of sp³-hybridized carbons (Fsp3) is 0.0435. The van der Waals surface area contributed by atoms with Crippen molar-refractivity contribution in [2.45, 2.75) is 6.54 Å². The zero-order valence-electron chi connectivity index (χ0n) is 15.5. The van der Waals surface area contributed by atoms with E-state index in [-0.39, 0.29) is 11.7 Å². The lowest BCUT2D eigenvalue weighted by Gasteiger charge is -2.11. The number of benzene rings is 3. The maximum absolute atomic E-state index is 12.3. The van der Waals surface area contributed by atoms with E-state index in [1.807, 2.05) is 12.1 Å². The zero-order valence-corrected chi connectivity index (χ0v) is 16.3. The number of nitrogens with one attached hydrogen (secondary N) is 2. The molecule has 0 radical (unpaired) electrons. The maximum Gasteiger partial charge on any atom is 0.255 e. The summed E-state index contributed by atoms with van der Waals surface area (Å²) < 4.78 is 0. The van der Waals surface area contributed by atoms with Crippen molar-refractivity contribution in [2.24, 2.45) is 0 Å². The first kappa shape index (κ1) is 18.8. The molecule has 0 aliphatic carbocycles. The SMILES string of the molecule is Nc1nc(NCc2ccc3ccccc3c2)ccc1NC(=O)c1ccc(Cl)cc1. The Morgan fingerprint density at radius 3 is 2.45 bits per heavy atom. The standard InChI is InChI=1S/C23H19ClN4O/c24-19-9-7-17(8-10-19)23(29)27-20-11-12-21(28-22(20)25)26-14-15-5-6-16-3-1-2-4-18(16)13-15/h1-13H,14H2,(H,27,29)(H3,25,26,28). The van der Waals surface area contributed by atoms with Gasteiger partial charge in [-0.1, -0.05) is 48.0 Å². The van der Waals surface area contributed by atoms with Crippen LogP contribution in [0.4, 0.5) is 17.3 Å². The average Bonchev–Trinajstić information content (AvgIpc) is 2.74. The molecule has 0 saturated carbocycles. The number of carbonyl (C=O) groups excluding carboxylic acids is 1. The van der Waals surface area contributed by atoms with Gasteiger partial charge in [-0.05, 0) is 58.8 Å². The summed E-state index contributed by atoms with van der Waals surface area (Å²) in [6, 6.07) is 24.7. The van der Waals surface area contributed by atoms with Crippen molar-refractivity contribution in [3.8, 4) is 0 Å². The Hall–Kier alpha value is -3.57. The number of nitrogens with zero attached hydrogens (tertiary/aromatic N) is 1. The van der Waals surface area contributed by atoms with Gasteiger partial charge in [0.25, 0.3) is 5.91 Å². The molecular formula is C23H19ClN4O. The highest BCUT2D eigenvalue weighted by atomic mass is 35.5. The van der Waals surface area contributed by atoms with Crippen molar-refractivity contribution in [1.82, 2.24) is 4.98 Å². The highest BCUT2D eigenvalue weighted by molar-refractivity contribution is 6.30. The molecule has 3 aromatic carbocycles. The molecule has 144 valence electrons. The van der Waals surface area contributed by atoms with Crippen molar-refractivity contribution in [2.75, 3.05) is 16.4 Å². The van der Waals surface area contributed by atoms with Gasteiger partial charge in [-0.15, -0.1) is 0 Å². The average molecular weight is 403 g/mol. The van der Waals surface area contributed by atoms with E-state index in [2.05, 4.69) is 45.9 Å². The Bertz CT molecular complexity index is 1180. The minimum absolute atomic E-state index is 0.246. The highest BCUT2D eigenvalue weighted by Gasteiger charge is 2.09. The molecule has 6 heteroatoms. The predicted octanol–water partition coefficient (Wildman–Crippen LogP) is 5.33. The number of hydrogen-bond donors (Lipinski definition) is 3. The second kappa shape index (κ2) is 8.20. The Balaban J connectivity index is 1.42. The van der Waals surface area contributed by atoms with Gasteiger partial charge >= 0.3 is 0 Å². The molecule has 4 aromatic rings. The zero-order chi connectivity index (χ0) is 20.2. The molecule has 29 heavy (non-hydrogen) atoms. The van der Waals surface area contributed by atoms with Crippen LogP contribution in [0.5, 0.6) is 0 Å². The second-order valence-electron chi connectivity index (χ2n) is 6.63. The van der Waals surface area contributed by atoms with Crippen molar-refractivity contribution in [3.05, 3.63) is 95.0 Å². The summed E-state index contributed by atoms with van der Waals surface area (Å²) in [6.07, 6.45) is 0. The van der Waals surface area contributed by atoms with E-state index >= 15 is 0 Å². The fourth-order valence-corrected chi connectivity index (χ4v) is 3.14. The molecule has 0 aliphatic rings. The highest BCUT2D eigenvalue weighted by Crippen LogP contribution is 2.21. The molecule has 0 unspecified atom stereocenters. The lowest BCUT2D eigenvalue weighted by Crippen LogP contribution is -2.14. The normalized spacial score (nSPS) is 10.7. The first-order valence-electron chi connectivity index (χ1n) is 9.13. The lowest BCUT2D eigenvalue weighted by atomic mass is 10.1. The van der Waals surface area contributed by atoms with Crippen LogP contribution < -0.4 is 16.4 Å². The Labute approximate surface area is 173 Å². The maximum atomic E-state index is 12.3. The molecule has 4 rings (SSSR count). The van der Waals surface area contributed by atoms with Crippen LogP contribution in [0.25, 0.3) is 10.8 Å². The fourth-order valence-electron chi connectivity index (χ4n) is 3.02. The largest absolute Gasteiger partial charge is 0.382 e. The number of amides is 1. The van der Waals surface area contributed by atoms with Gasteiger partial charge in [0.15, 0.2) is 0 Å². The van der Waals surface area contributed by atoms with Gasteiger partial charge in [-0.25, -0.2) is 4.98 Å². The van der Waals surface area contributed by atoms with Crippen LogP contribution in [-0.4, -0.2) is 10.9 Å². The number of rotatable bonds is 5. The number of carbonyl (C=O) groups is 1. The Morgan fingerprint density at radius 2 is 1.69 bits per heavy atom. The summed E-state index contributed by atoms with van der Waals surface area (Å²) in [5.41, 5.74) is 8.12. The van der Waals surface area contributed by atoms with Crippen LogP contribution in [0, 0.1) is 0 Å².